The van der Waals surface area contributed by atoms with Gasteiger partial charge in [0.1, 0.15) is 11.3 Å². The van der Waals surface area contributed by atoms with E-state index in [1.807, 2.05) is 55.4 Å². The van der Waals surface area contributed by atoms with Gasteiger partial charge in [-0.2, -0.15) is 0 Å². The number of esters is 3. The summed E-state index contributed by atoms with van der Waals surface area (Å²) in [4.78, 5) is 54.3. The Balaban J connectivity index is 0.000000211. The number of ether oxygens (including phenoxy) is 3. The lowest BCUT2D eigenvalue weighted by Gasteiger charge is -2.10. The van der Waals surface area contributed by atoms with Gasteiger partial charge in [-0.3, -0.25) is 9.59 Å². The second-order valence-corrected chi connectivity index (χ2v) is 23.8. The van der Waals surface area contributed by atoms with Crippen LogP contribution < -0.4 is 0 Å². The molecule has 2 atom stereocenters. The summed E-state index contributed by atoms with van der Waals surface area (Å²) < 4.78 is 15.9. The molecule has 0 spiro atoms. The van der Waals surface area contributed by atoms with E-state index in [4.69, 9.17) is 14.2 Å². The molecule has 282 valence electrons. The van der Waals surface area contributed by atoms with Crippen LogP contribution in [0.15, 0.2) is 36.4 Å². The van der Waals surface area contributed by atoms with Gasteiger partial charge < -0.3 is 39.3 Å². The number of aliphatic hydroxyl groups is 1. The maximum atomic E-state index is 12.1. The number of hydrogen-bond acceptors (Lipinski definition) is 9. The number of carboxylic acids is 1. The van der Waals surface area contributed by atoms with Gasteiger partial charge in [0, 0.05) is 46.8 Å². The molecular formula is C37H44I3N3O9. The van der Waals surface area contributed by atoms with E-state index < -0.39 is 11.9 Å². The van der Waals surface area contributed by atoms with Gasteiger partial charge in [-0.1, -0.05) is 79.9 Å². The number of aromatic amines is 2. The number of alkyl halides is 3. The van der Waals surface area contributed by atoms with Crippen molar-refractivity contribution in [2.24, 2.45) is 11.8 Å². The van der Waals surface area contributed by atoms with Gasteiger partial charge >= 0.3 is 23.9 Å². The molecule has 2 aliphatic heterocycles. The number of nitrogens with one attached hydrogen (secondary N) is 2. The minimum Gasteiger partial charge on any atom is -0.477 e. The lowest BCUT2D eigenvalue weighted by atomic mass is 9.96. The fraction of sp³-hybridized carbons (Fsp3) is 0.459. The van der Waals surface area contributed by atoms with Crippen LogP contribution >= 0.6 is 67.8 Å². The second kappa shape index (κ2) is 20.3. The van der Waals surface area contributed by atoms with Crippen LogP contribution in [0.3, 0.4) is 0 Å². The molecule has 0 radical (unpaired) electrons. The van der Waals surface area contributed by atoms with E-state index in [0.717, 1.165) is 63.4 Å². The molecule has 4 N–H and O–H groups in total. The predicted octanol–water partition coefficient (Wildman–Crippen LogP) is 6.64. The van der Waals surface area contributed by atoms with Crippen LogP contribution in [0.5, 0.6) is 0 Å². The van der Waals surface area contributed by atoms with Crippen molar-refractivity contribution in [3.8, 4) is 0 Å². The quantitative estimate of drug-likeness (QED) is 0.0523. The highest BCUT2D eigenvalue weighted by Gasteiger charge is 2.26. The molecule has 52 heavy (non-hydrogen) atoms. The van der Waals surface area contributed by atoms with Crippen molar-refractivity contribution in [2.75, 3.05) is 47.1 Å². The first-order valence-corrected chi connectivity index (χ1v) is 20.7. The molecule has 0 aliphatic carbocycles. The largest absolute Gasteiger partial charge is 0.477 e. The third kappa shape index (κ3) is 12.0. The zero-order chi connectivity index (χ0) is 37.9. The summed E-state index contributed by atoms with van der Waals surface area (Å²) in [6.45, 7) is 3.72. The molecule has 0 bridgehead atoms. The molecule has 4 heterocycles. The van der Waals surface area contributed by atoms with Gasteiger partial charge in [-0.15, -0.1) is 0 Å². The second-order valence-electron chi connectivity index (χ2n) is 12.9. The molecular weight excluding hydrogens is 1010 g/mol. The summed E-state index contributed by atoms with van der Waals surface area (Å²) in [5.41, 5.74) is 6.14. The molecule has 2 saturated heterocycles. The number of nitrogens with zero attached hydrogens (tertiary/aromatic N) is 1. The van der Waals surface area contributed by atoms with E-state index in [9.17, 15) is 29.4 Å². The fourth-order valence-corrected chi connectivity index (χ4v) is 6.43. The fourth-order valence-electron chi connectivity index (χ4n) is 6.43. The smallest absolute Gasteiger partial charge is 0.355 e. The van der Waals surface area contributed by atoms with Crippen LogP contribution in [0.1, 0.15) is 63.0 Å². The summed E-state index contributed by atoms with van der Waals surface area (Å²) in [6, 6.07) is 11.9. The summed E-state index contributed by atoms with van der Waals surface area (Å²) in [7, 11) is 3.94. The number of fused-ring (bicyclic) bond motifs is 2. The predicted molar refractivity (Wildman–Crippen MR) is 224 cm³/mol. The number of carbonyl (C=O) groups is 4. The molecule has 0 saturated carbocycles. The average molecular weight is 1060 g/mol. The van der Waals surface area contributed by atoms with Crippen molar-refractivity contribution >= 4 is 113 Å². The Morgan fingerprint density at radius 3 is 1.75 bits per heavy atom. The summed E-state index contributed by atoms with van der Waals surface area (Å²) in [6.07, 6.45) is 3.47. The third-order valence-corrected chi connectivity index (χ3v) is 8.72. The number of H-pyrrole nitrogens is 2. The number of aromatic carboxylic acids is 1. The van der Waals surface area contributed by atoms with Gasteiger partial charge in [0.15, 0.2) is 0 Å². The first-order chi connectivity index (χ1) is 24.8. The van der Waals surface area contributed by atoms with E-state index >= 15 is 0 Å². The Labute approximate surface area is 343 Å². The van der Waals surface area contributed by atoms with Gasteiger partial charge in [0.2, 0.25) is 0 Å². The Bertz CT molecular complexity index is 1870. The van der Waals surface area contributed by atoms with E-state index in [-0.39, 0.29) is 36.1 Å². The van der Waals surface area contributed by atoms with Crippen LogP contribution in [0, 0.1) is 11.8 Å². The number of rotatable bonds is 12. The van der Waals surface area contributed by atoms with Crippen LogP contribution in [0.25, 0.3) is 21.8 Å². The topological polar surface area (TPSA) is 171 Å². The molecule has 2 fully saturated rings. The standard InChI is InChI=1S/C18H22N2O4.C18H21NO5.CHI3/c1-20(2)6-5-13-14-8-11(7-12-9-16(21)24-10-12)3-4-15(14)19-17(13)18(22)23;1-2-23-18(22)17-13(5-6-20)14-8-11(3-4-15(14)19-17)7-12-9-16(21)24-10-12;2-1(3)4/h3-4,8,12,19H,5-7,9-10H2,1-2H3,(H,22,23);3-4,8,12,19-20H,2,5-7,9-10H2,1H3;1H/t2*12-;/m11./s1. The molecule has 2 aromatic heterocycles. The number of likely N-dealkylation sites (N-methyl/N-ethyl adjacent to an activating group) is 1. The molecule has 6 rings (SSSR count). The van der Waals surface area contributed by atoms with Crippen LogP contribution in [-0.2, 0) is 49.5 Å². The van der Waals surface area contributed by atoms with Gasteiger partial charge in [0.25, 0.3) is 0 Å². The van der Waals surface area contributed by atoms with E-state index in [0.29, 0.717) is 51.2 Å². The molecule has 4 aromatic rings. The number of carboxylic acid groups (broad SMARTS) is 1. The Morgan fingerprint density at radius 1 is 0.865 bits per heavy atom. The number of carbonyl (C=O) groups excluding carboxylic acids is 3. The van der Waals surface area contributed by atoms with Gasteiger partial charge in [-0.25, -0.2) is 9.59 Å². The minimum absolute atomic E-state index is 0.0471. The SMILES string of the molecule is CCOC(=O)c1[nH]c2ccc(C[C@H]3COC(=O)C3)cc2c1CCO.CN(C)CCc1c(C(=O)O)[nH]c2ccc(C[C@H]3COC(=O)C3)cc12.IC(I)I. The highest BCUT2D eigenvalue weighted by molar-refractivity contribution is 14.3. The maximum Gasteiger partial charge on any atom is 0.355 e. The number of cyclic esters (lactones) is 2. The zero-order valence-corrected chi connectivity index (χ0v) is 35.8. The minimum atomic E-state index is -0.934. The van der Waals surface area contributed by atoms with E-state index in [1.165, 1.54) is 0 Å². The van der Waals surface area contributed by atoms with E-state index in [2.05, 4.69) is 77.7 Å². The summed E-state index contributed by atoms with van der Waals surface area (Å²) in [5.74, 6) is -1.22. The Morgan fingerprint density at radius 2 is 1.35 bits per heavy atom. The first-order valence-electron chi connectivity index (χ1n) is 17.0. The van der Waals surface area contributed by atoms with E-state index in [1.54, 1.807) is 6.92 Å². The molecule has 0 unspecified atom stereocenters. The van der Waals surface area contributed by atoms with Gasteiger partial charge in [-0.05, 0) is 93.2 Å². The van der Waals surface area contributed by atoms with Crippen molar-refractivity contribution in [2.45, 2.75) is 45.4 Å². The monoisotopic (exact) mass is 1060 g/mol. The average Bonchev–Trinajstić information content (AvgIpc) is 3.86. The molecule has 15 heteroatoms. The van der Waals surface area contributed by atoms with Gasteiger partial charge in [0.05, 0.1) is 32.7 Å². The molecule has 2 aliphatic rings. The van der Waals surface area contributed by atoms with Crippen molar-refractivity contribution in [3.05, 3.63) is 70.0 Å². The molecule has 12 nitrogen and oxygen atoms in total. The Hall–Kier alpha value is -2.49. The highest BCUT2D eigenvalue weighted by atomic mass is 127. The van der Waals surface area contributed by atoms with Crippen LogP contribution in [0.4, 0.5) is 0 Å². The lowest BCUT2D eigenvalue weighted by molar-refractivity contribution is -0.138. The van der Waals surface area contributed by atoms with Crippen LogP contribution in [0.2, 0.25) is 0 Å². The van der Waals surface area contributed by atoms with Crippen molar-refractivity contribution in [1.82, 2.24) is 14.9 Å². The van der Waals surface area contributed by atoms with Crippen LogP contribution in [-0.4, -0.2) is 96.0 Å². The number of aromatic nitrogens is 2. The number of benzene rings is 2. The normalized spacial score (nSPS) is 16.8. The maximum absolute atomic E-state index is 12.1. The summed E-state index contributed by atoms with van der Waals surface area (Å²) >= 11 is 6.95. The highest BCUT2D eigenvalue weighted by Crippen LogP contribution is 2.29. The molecule has 0 amide bonds. The lowest BCUT2D eigenvalue weighted by Crippen LogP contribution is -2.16. The van der Waals surface area contributed by atoms with Crippen molar-refractivity contribution in [1.29, 1.82) is 0 Å². The number of halogens is 3. The zero-order valence-electron chi connectivity index (χ0n) is 29.3. The number of hydrogen-bond donors (Lipinski definition) is 4. The Kier molecular flexibility index (Phi) is 16.5. The van der Waals surface area contributed by atoms with Crippen molar-refractivity contribution in [3.63, 3.8) is 0 Å². The van der Waals surface area contributed by atoms with Crippen molar-refractivity contribution < 1.29 is 43.6 Å². The third-order valence-electron chi connectivity index (χ3n) is 8.72. The number of aliphatic hydroxyl groups excluding tert-OH is 1. The molecule has 2 aromatic carbocycles. The first kappa shape index (κ1) is 42.3. The summed E-state index contributed by atoms with van der Waals surface area (Å²) in [5, 5.41) is 20.7.